The highest BCUT2D eigenvalue weighted by molar-refractivity contribution is 5.95. The normalized spacial score (nSPS) is 24.5. The smallest absolute Gasteiger partial charge is 0.188 e. The number of amidine groups is 1. The van der Waals surface area contributed by atoms with Gasteiger partial charge in [0, 0.05) is 6.54 Å². The van der Waals surface area contributed by atoms with E-state index in [1.807, 2.05) is 19.1 Å². The molecule has 6 nitrogen and oxygen atoms in total. The van der Waals surface area contributed by atoms with E-state index in [-0.39, 0.29) is 11.9 Å². The van der Waals surface area contributed by atoms with Gasteiger partial charge in [0.25, 0.3) is 0 Å². The minimum Gasteiger partial charge on any atom is -0.409 e. The number of ether oxygens (including phenoxy) is 1. The van der Waals surface area contributed by atoms with Crippen LogP contribution < -0.4 is 10.6 Å². The Kier molecular flexibility index (Phi) is 4.21. The molecule has 104 valence electrons. The third-order valence-corrected chi connectivity index (χ3v) is 3.34. The maximum atomic E-state index is 8.72. The van der Waals surface area contributed by atoms with E-state index < -0.39 is 0 Å². The van der Waals surface area contributed by atoms with E-state index in [1.54, 1.807) is 6.07 Å². The molecule has 1 aliphatic rings. The van der Waals surface area contributed by atoms with E-state index in [1.165, 1.54) is 0 Å². The number of oxime groups is 1. The summed E-state index contributed by atoms with van der Waals surface area (Å²) in [5, 5.41) is 11.7. The quantitative estimate of drug-likeness (QED) is 0.371. The van der Waals surface area contributed by atoms with Gasteiger partial charge in [0.1, 0.15) is 11.5 Å². The van der Waals surface area contributed by atoms with Crippen molar-refractivity contribution in [1.82, 2.24) is 4.98 Å². The van der Waals surface area contributed by atoms with Crippen LogP contribution in [0.5, 0.6) is 0 Å². The van der Waals surface area contributed by atoms with E-state index in [0.29, 0.717) is 18.3 Å². The molecular weight excluding hydrogens is 244 g/mol. The number of nitrogens with zero attached hydrogens (tertiary/aromatic N) is 3. The summed E-state index contributed by atoms with van der Waals surface area (Å²) in [5.41, 5.74) is 6.06. The standard InChI is InChI=1S/C13H20N4O2/c1-3-10-8-19-9(2)7-17(10)12-6-4-5-11(15-12)13(14)16-18/h4-6,9-10,18H,3,7-8H2,1-2H3,(H2,14,16). The van der Waals surface area contributed by atoms with Crippen LogP contribution in [0.2, 0.25) is 0 Å². The molecule has 0 aromatic carbocycles. The highest BCUT2D eigenvalue weighted by Crippen LogP contribution is 2.21. The SMILES string of the molecule is CCC1COC(C)CN1c1cccc(C(N)=NO)n1. The van der Waals surface area contributed by atoms with E-state index in [4.69, 9.17) is 15.7 Å². The highest BCUT2D eigenvalue weighted by Gasteiger charge is 2.26. The molecule has 0 spiro atoms. The van der Waals surface area contributed by atoms with Crippen LogP contribution in [0.4, 0.5) is 5.82 Å². The first-order valence-electron chi connectivity index (χ1n) is 6.49. The maximum Gasteiger partial charge on any atom is 0.188 e. The Morgan fingerprint density at radius 2 is 2.42 bits per heavy atom. The van der Waals surface area contributed by atoms with Crippen molar-refractivity contribution in [3.8, 4) is 0 Å². The van der Waals surface area contributed by atoms with Crippen LogP contribution in [0.3, 0.4) is 0 Å². The van der Waals surface area contributed by atoms with Crippen molar-refractivity contribution < 1.29 is 9.94 Å². The second-order valence-electron chi connectivity index (χ2n) is 4.72. The monoisotopic (exact) mass is 264 g/mol. The van der Waals surface area contributed by atoms with E-state index in [9.17, 15) is 0 Å². The number of anilines is 1. The zero-order valence-corrected chi connectivity index (χ0v) is 11.3. The molecular formula is C13H20N4O2. The van der Waals surface area contributed by atoms with Crippen LogP contribution >= 0.6 is 0 Å². The van der Waals surface area contributed by atoms with Crippen LogP contribution in [-0.4, -0.2) is 41.3 Å². The van der Waals surface area contributed by atoms with Crippen molar-refractivity contribution in [2.45, 2.75) is 32.4 Å². The predicted molar refractivity (Wildman–Crippen MR) is 73.6 cm³/mol. The van der Waals surface area contributed by atoms with Gasteiger partial charge in [-0.25, -0.2) is 4.98 Å². The molecule has 2 heterocycles. The van der Waals surface area contributed by atoms with Gasteiger partial charge < -0.3 is 20.6 Å². The van der Waals surface area contributed by atoms with E-state index >= 15 is 0 Å². The molecule has 6 heteroatoms. The molecule has 19 heavy (non-hydrogen) atoms. The summed E-state index contributed by atoms with van der Waals surface area (Å²) in [6.45, 7) is 5.68. The predicted octanol–water partition coefficient (Wildman–Crippen LogP) is 1.18. The number of nitrogens with two attached hydrogens (primary N) is 1. The molecule has 1 aromatic heterocycles. The minimum atomic E-state index is 0.0243. The fourth-order valence-corrected chi connectivity index (χ4v) is 2.24. The molecule has 0 saturated carbocycles. The number of rotatable bonds is 3. The second-order valence-corrected chi connectivity index (χ2v) is 4.72. The average molecular weight is 264 g/mol. The van der Waals surface area contributed by atoms with Gasteiger partial charge in [0.2, 0.25) is 0 Å². The Bertz CT molecular complexity index is 464. The summed E-state index contributed by atoms with van der Waals surface area (Å²) in [6, 6.07) is 5.84. The van der Waals surface area contributed by atoms with Gasteiger partial charge in [0.15, 0.2) is 5.84 Å². The number of pyridine rings is 1. The Morgan fingerprint density at radius 1 is 1.63 bits per heavy atom. The van der Waals surface area contributed by atoms with Gasteiger partial charge in [-0.1, -0.05) is 18.1 Å². The van der Waals surface area contributed by atoms with Gasteiger partial charge in [-0.15, -0.1) is 0 Å². The molecule has 2 unspecified atom stereocenters. The van der Waals surface area contributed by atoms with Crippen LogP contribution in [0.1, 0.15) is 26.0 Å². The minimum absolute atomic E-state index is 0.0243. The lowest BCUT2D eigenvalue weighted by Gasteiger charge is -2.39. The van der Waals surface area contributed by atoms with Crippen LogP contribution in [0.25, 0.3) is 0 Å². The van der Waals surface area contributed by atoms with Gasteiger partial charge in [-0.3, -0.25) is 0 Å². The van der Waals surface area contributed by atoms with Gasteiger partial charge in [-0.05, 0) is 25.5 Å². The molecule has 0 amide bonds. The number of morpholine rings is 1. The lowest BCUT2D eigenvalue weighted by Crippen LogP contribution is -2.49. The van der Waals surface area contributed by atoms with Crippen molar-refractivity contribution in [3.05, 3.63) is 23.9 Å². The van der Waals surface area contributed by atoms with Crippen molar-refractivity contribution in [1.29, 1.82) is 0 Å². The first-order valence-corrected chi connectivity index (χ1v) is 6.49. The molecule has 1 fully saturated rings. The summed E-state index contributed by atoms with van der Waals surface area (Å²) in [4.78, 5) is 6.68. The lowest BCUT2D eigenvalue weighted by atomic mass is 10.1. The Morgan fingerprint density at radius 3 is 3.11 bits per heavy atom. The largest absolute Gasteiger partial charge is 0.409 e. The first-order chi connectivity index (χ1) is 9.15. The number of hydrogen-bond acceptors (Lipinski definition) is 5. The summed E-state index contributed by atoms with van der Waals surface area (Å²) < 4.78 is 5.67. The fourth-order valence-electron chi connectivity index (χ4n) is 2.24. The molecule has 0 radical (unpaired) electrons. The average Bonchev–Trinajstić information content (AvgIpc) is 2.46. The second kappa shape index (κ2) is 5.88. The zero-order valence-electron chi connectivity index (χ0n) is 11.3. The summed E-state index contributed by atoms with van der Waals surface area (Å²) in [5.74, 6) is 0.863. The molecule has 2 atom stereocenters. The molecule has 2 rings (SSSR count). The van der Waals surface area contributed by atoms with Crippen LogP contribution in [-0.2, 0) is 4.74 Å². The number of hydrogen-bond donors (Lipinski definition) is 2. The fraction of sp³-hybridized carbons (Fsp3) is 0.538. The number of aromatic nitrogens is 1. The Labute approximate surface area is 112 Å². The van der Waals surface area contributed by atoms with Crippen molar-refractivity contribution in [2.75, 3.05) is 18.1 Å². The van der Waals surface area contributed by atoms with Gasteiger partial charge >= 0.3 is 0 Å². The molecule has 1 saturated heterocycles. The topological polar surface area (TPSA) is 84.0 Å². The maximum absolute atomic E-state index is 8.72. The van der Waals surface area contributed by atoms with Gasteiger partial charge in [-0.2, -0.15) is 0 Å². The Balaban J connectivity index is 2.28. The highest BCUT2D eigenvalue weighted by atomic mass is 16.5. The molecule has 1 aromatic rings. The zero-order chi connectivity index (χ0) is 13.8. The third kappa shape index (κ3) is 2.96. The molecule has 0 bridgehead atoms. The van der Waals surface area contributed by atoms with Crippen LogP contribution in [0.15, 0.2) is 23.4 Å². The molecule has 1 aliphatic heterocycles. The van der Waals surface area contributed by atoms with Gasteiger partial charge in [0.05, 0.1) is 18.8 Å². The van der Waals surface area contributed by atoms with Crippen molar-refractivity contribution in [2.24, 2.45) is 10.9 Å². The Hall–Kier alpha value is -1.82. The van der Waals surface area contributed by atoms with Crippen molar-refractivity contribution >= 4 is 11.7 Å². The van der Waals surface area contributed by atoms with Crippen molar-refractivity contribution in [3.63, 3.8) is 0 Å². The summed E-state index contributed by atoms with van der Waals surface area (Å²) >= 11 is 0. The summed E-state index contributed by atoms with van der Waals surface area (Å²) in [6.07, 6.45) is 1.17. The summed E-state index contributed by atoms with van der Waals surface area (Å²) in [7, 11) is 0. The molecule has 3 N–H and O–H groups in total. The van der Waals surface area contributed by atoms with E-state index in [2.05, 4.69) is 22.0 Å². The first kappa shape index (κ1) is 13.6. The molecule has 0 aliphatic carbocycles. The third-order valence-electron chi connectivity index (χ3n) is 3.34. The van der Waals surface area contributed by atoms with E-state index in [0.717, 1.165) is 18.8 Å². The van der Waals surface area contributed by atoms with Crippen LogP contribution in [0, 0.1) is 0 Å². The lowest BCUT2D eigenvalue weighted by molar-refractivity contribution is 0.0296.